The molecular formula is C12H17NOS. The zero-order chi connectivity index (χ0) is 10.9. The van der Waals surface area contributed by atoms with Gasteiger partial charge < -0.3 is 5.11 Å². The molecule has 0 amide bonds. The predicted molar refractivity (Wildman–Crippen MR) is 64.1 cm³/mol. The second-order valence-corrected chi connectivity index (χ2v) is 5.37. The van der Waals surface area contributed by atoms with Gasteiger partial charge in [0.1, 0.15) is 0 Å². The van der Waals surface area contributed by atoms with Crippen LogP contribution in [0.15, 0.2) is 29.2 Å². The van der Waals surface area contributed by atoms with Gasteiger partial charge in [-0.25, -0.2) is 0 Å². The quantitative estimate of drug-likeness (QED) is 0.793. The van der Waals surface area contributed by atoms with Crippen LogP contribution in [-0.4, -0.2) is 35.0 Å². The molecule has 0 aromatic heterocycles. The molecule has 0 bridgehead atoms. The summed E-state index contributed by atoms with van der Waals surface area (Å²) in [5, 5.41) is 9.60. The Balaban J connectivity index is 1.89. The van der Waals surface area contributed by atoms with Gasteiger partial charge in [-0.05, 0) is 30.9 Å². The molecule has 2 rings (SSSR count). The van der Waals surface area contributed by atoms with Crippen molar-refractivity contribution in [1.82, 2.24) is 4.90 Å². The molecular weight excluding hydrogens is 206 g/mol. The summed E-state index contributed by atoms with van der Waals surface area (Å²) >= 11 is 1.76. The minimum Gasteiger partial charge on any atom is -0.388 e. The first kappa shape index (κ1) is 11.0. The molecule has 1 aromatic rings. The Labute approximate surface area is 95.3 Å². The zero-order valence-corrected chi connectivity index (χ0v) is 10.0. The Morgan fingerprint density at radius 3 is 2.40 bits per heavy atom. The van der Waals surface area contributed by atoms with Gasteiger partial charge in [-0.2, -0.15) is 0 Å². The maximum atomic E-state index is 9.60. The average Bonchev–Trinajstić information content (AvgIpc) is 2.16. The van der Waals surface area contributed by atoms with E-state index in [9.17, 15) is 5.11 Å². The van der Waals surface area contributed by atoms with Crippen LogP contribution < -0.4 is 0 Å². The van der Waals surface area contributed by atoms with Crippen LogP contribution >= 0.6 is 11.8 Å². The summed E-state index contributed by atoms with van der Waals surface area (Å²) in [5.41, 5.74) is 0.863. The molecule has 2 nitrogen and oxygen atoms in total. The molecule has 1 aliphatic rings. The van der Waals surface area contributed by atoms with E-state index < -0.39 is 5.60 Å². The summed E-state index contributed by atoms with van der Waals surface area (Å²) in [6.07, 6.45) is 2.08. The van der Waals surface area contributed by atoms with Crippen molar-refractivity contribution in [2.45, 2.75) is 24.0 Å². The minimum atomic E-state index is -0.459. The Morgan fingerprint density at radius 1 is 1.33 bits per heavy atom. The number of β-amino-alcohol motifs (C(OH)–C–C–N with tert-alkyl or cyclic N) is 1. The molecule has 1 aliphatic heterocycles. The topological polar surface area (TPSA) is 23.5 Å². The SMILES string of the molecule is CSc1ccc(CN2CC(C)(O)C2)cc1. The van der Waals surface area contributed by atoms with Gasteiger partial charge in [0, 0.05) is 24.5 Å². The number of likely N-dealkylation sites (tertiary alicyclic amines) is 1. The third-order valence-electron chi connectivity index (χ3n) is 2.69. The standard InChI is InChI=1S/C12H17NOS/c1-12(14)8-13(9-12)7-10-3-5-11(15-2)6-4-10/h3-6,14H,7-9H2,1-2H3. The molecule has 1 heterocycles. The molecule has 0 unspecified atom stereocenters. The normalized spacial score (nSPS) is 19.9. The van der Waals surface area contributed by atoms with Gasteiger partial charge in [0.2, 0.25) is 0 Å². The van der Waals surface area contributed by atoms with E-state index in [1.807, 2.05) is 6.92 Å². The van der Waals surface area contributed by atoms with Gasteiger partial charge in [0.15, 0.2) is 0 Å². The van der Waals surface area contributed by atoms with Crippen LogP contribution in [0.4, 0.5) is 0 Å². The Bertz CT molecular complexity index is 326. The monoisotopic (exact) mass is 223 g/mol. The van der Waals surface area contributed by atoms with E-state index in [1.54, 1.807) is 11.8 Å². The lowest BCUT2D eigenvalue weighted by Crippen LogP contribution is -2.59. The summed E-state index contributed by atoms with van der Waals surface area (Å²) in [6.45, 7) is 4.42. The highest BCUT2D eigenvalue weighted by molar-refractivity contribution is 7.98. The second kappa shape index (κ2) is 4.16. The molecule has 0 aliphatic carbocycles. The van der Waals surface area contributed by atoms with Crippen LogP contribution in [0.5, 0.6) is 0 Å². The van der Waals surface area contributed by atoms with Crippen LogP contribution in [0, 0.1) is 0 Å². The zero-order valence-electron chi connectivity index (χ0n) is 9.23. The van der Waals surface area contributed by atoms with E-state index in [1.165, 1.54) is 10.5 Å². The molecule has 0 radical (unpaired) electrons. The van der Waals surface area contributed by atoms with Crippen LogP contribution in [0.2, 0.25) is 0 Å². The molecule has 0 spiro atoms. The van der Waals surface area contributed by atoms with Crippen molar-refractivity contribution in [3.05, 3.63) is 29.8 Å². The number of thioether (sulfide) groups is 1. The van der Waals surface area contributed by atoms with Crippen LogP contribution in [0.25, 0.3) is 0 Å². The van der Waals surface area contributed by atoms with Crippen molar-refractivity contribution in [3.63, 3.8) is 0 Å². The summed E-state index contributed by atoms with van der Waals surface area (Å²) in [5.74, 6) is 0. The predicted octanol–water partition coefficient (Wildman–Crippen LogP) is 1.98. The van der Waals surface area contributed by atoms with Crippen LogP contribution in [0.1, 0.15) is 12.5 Å². The Kier molecular flexibility index (Phi) is 3.05. The first-order valence-corrected chi connectivity index (χ1v) is 6.39. The van der Waals surface area contributed by atoms with Gasteiger partial charge >= 0.3 is 0 Å². The average molecular weight is 223 g/mol. The molecule has 1 saturated heterocycles. The molecule has 1 aromatic carbocycles. The molecule has 3 heteroatoms. The van der Waals surface area contributed by atoms with Gasteiger partial charge in [0.25, 0.3) is 0 Å². The van der Waals surface area contributed by atoms with Gasteiger partial charge in [0.05, 0.1) is 5.60 Å². The summed E-state index contributed by atoms with van der Waals surface area (Å²) in [7, 11) is 0. The van der Waals surface area contributed by atoms with Crippen molar-refractivity contribution in [2.75, 3.05) is 19.3 Å². The maximum Gasteiger partial charge on any atom is 0.0872 e. The molecule has 1 N–H and O–H groups in total. The summed E-state index contributed by atoms with van der Waals surface area (Å²) in [6, 6.07) is 8.63. The molecule has 82 valence electrons. The van der Waals surface area contributed by atoms with Crippen molar-refractivity contribution in [1.29, 1.82) is 0 Å². The van der Waals surface area contributed by atoms with E-state index in [0.717, 1.165) is 19.6 Å². The Morgan fingerprint density at radius 2 is 1.93 bits per heavy atom. The minimum absolute atomic E-state index is 0.459. The smallest absolute Gasteiger partial charge is 0.0872 e. The van der Waals surface area contributed by atoms with Crippen molar-refractivity contribution < 1.29 is 5.11 Å². The van der Waals surface area contributed by atoms with Crippen LogP contribution in [-0.2, 0) is 6.54 Å². The Hall–Kier alpha value is -0.510. The van der Waals surface area contributed by atoms with Gasteiger partial charge in [-0.1, -0.05) is 12.1 Å². The summed E-state index contributed by atoms with van der Waals surface area (Å²) in [4.78, 5) is 3.56. The number of nitrogens with zero attached hydrogens (tertiary/aromatic N) is 1. The fraction of sp³-hybridized carbons (Fsp3) is 0.500. The highest BCUT2D eigenvalue weighted by atomic mass is 32.2. The molecule has 15 heavy (non-hydrogen) atoms. The first-order valence-electron chi connectivity index (χ1n) is 5.17. The maximum absolute atomic E-state index is 9.60. The highest BCUT2D eigenvalue weighted by Crippen LogP contribution is 2.23. The van der Waals surface area contributed by atoms with E-state index in [4.69, 9.17) is 0 Å². The first-order chi connectivity index (χ1) is 7.09. The lowest BCUT2D eigenvalue weighted by Gasteiger charge is -2.44. The second-order valence-electron chi connectivity index (χ2n) is 4.49. The van der Waals surface area contributed by atoms with Gasteiger partial charge in [-0.15, -0.1) is 11.8 Å². The van der Waals surface area contributed by atoms with E-state index in [2.05, 4.69) is 35.4 Å². The van der Waals surface area contributed by atoms with Crippen molar-refractivity contribution in [2.24, 2.45) is 0 Å². The third-order valence-corrected chi connectivity index (χ3v) is 3.44. The van der Waals surface area contributed by atoms with Crippen molar-refractivity contribution >= 4 is 11.8 Å². The number of hydrogen-bond acceptors (Lipinski definition) is 3. The largest absolute Gasteiger partial charge is 0.388 e. The number of benzene rings is 1. The van der Waals surface area contributed by atoms with E-state index in [-0.39, 0.29) is 0 Å². The lowest BCUT2D eigenvalue weighted by atomic mass is 9.96. The number of hydrogen-bond donors (Lipinski definition) is 1. The van der Waals surface area contributed by atoms with Crippen molar-refractivity contribution in [3.8, 4) is 0 Å². The third kappa shape index (κ3) is 2.74. The number of rotatable bonds is 3. The summed E-state index contributed by atoms with van der Waals surface area (Å²) < 4.78 is 0. The molecule has 0 atom stereocenters. The lowest BCUT2D eigenvalue weighted by molar-refractivity contribution is -0.0871. The van der Waals surface area contributed by atoms with E-state index in [0.29, 0.717) is 0 Å². The fourth-order valence-corrected chi connectivity index (χ4v) is 2.43. The highest BCUT2D eigenvalue weighted by Gasteiger charge is 2.35. The molecule has 1 fully saturated rings. The van der Waals surface area contributed by atoms with E-state index >= 15 is 0 Å². The fourth-order valence-electron chi connectivity index (χ4n) is 2.02. The number of aliphatic hydroxyl groups is 1. The molecule has 0 saturated carbocycles. The van der Waals surface area contributed by atoms with Gasteiger partial charge in [-0.3, -0.25) is 4.90 Å². The van der Waals surface area contributed by atoms with Crippen LogP contribution in [0.3, 0.4) is 0 Å².